The van der Waals surface area contributed by atoms with E-state index in [-0.39, 0.29) is 0 Å². The molecule has 6 heteroatoms. The van der Waals surface area contributed by atoms with Gasteiger partial charge in [0.15, 0.2) is 17.5 Å². The van der Waals surface area contributed by atoms with Crippen LogP contribution in [0.5, 0.6) is 0 Å². The van der Waals surface area contributed by atoms with Crippen molar-refractivity contribution in [1.82, 2.24) is 19.9 Å². The molecule has 3 heterocycles. The van der Waals surface area contributed by atoms with Crippen LogP contribution in [0.2, 0.25) is 0 Å². The minimum absolute atomic E-state index is 0.654. The van der Waals surface area contributed by atoms with E-state index in [0.717, 1.165) is 38.2 Å². The van der Waals surface area contributed by atoms with Gasteiger partial charge in [-0.05, 0) is 29.7 Å². The van der Waals surface area contributed by atoms with Crippen molar-refractivity contribution < 1.29 is 0 Å². The lowest BCUT2D eigenvalue weighted by Crippen LogP contribution is -2.00. The second-order valence-corrected chi connectivity index (χ2v) is 12.8. The van der Waals surface area contributed by atoms with Crippen molar-refractivity contribution in [2.45, 2.75) is 0 Å². The van der Waals surface area contributed by atoms with E-state index in [0.29, 0.717) is 17.5 Å². The molecule has 4 nitrogen and oxygen atoms in total. The van der Waals surface area contributed by atoms with Gasteiger partial charge in [0.2, 0.25) is 0 Å². The van der Waals surface area contributed by atoms with Crippen LogP contribution in [0, 0.1) is 0 Å². The molecule has 44 heavy (non-hydrogen) atoms. The topological polar surface area (TPSA) is 51.6 Å². The van der Waals surface area contributed by atoms with E-state index in [1.54, 1.807) is 11.3 Å². The lowest BCUT2D eigenvalue weighted by Gasteiger charge is -2.09. The number of aromatic nitrogens is 4. The van der Waals surface area contributed by atoms with Crippen molar-refractivity contribution in [3.05, 3.63) is 133 Å². The second-order valence-electron chi connectivity index (χ2n) is 10.7. The normalized spacial score (nSPS) is 11.6. The predicted octanol–water partition coefficient (Wildman–Crippen LogP) is 10.7. The van der Waals surface area contributed by atoms with Crippen LogP contribution in [-0.2, 0) is 0 Å². The van der Waals surface area contributed by atoms with Crippen LogP contribution in [-0.4, -0.2) is 19.9 Å². The minimum Gasteiger partial charge on any atom is -0.236 e. The highest BCUT2D eigenvalue weighted by Gasteiger charge is 2.15. The largest absolute Gasteiger partial charge is 0.236 e. The standard InChI is InChI=1S/C38H22N4S2/c1-3-9-23(10-4-1)35-40-36(24-11-5-2-6-12-24)42-37(41-35)26-15-18-28-25(21-26)17-20-31-34(28)44-38(39-31)27-16-19-30-29-13-7-8-14-32(29)43-33(30)22-27/h1-22H. The van der Waals surface area contributed by atoms with E-state index in [1.165, 1.54) is 30.3 Å². The number of thiazole rings is 1. The molecule has 0 saturated carbocycles. The highest BCUT2D eigenvalue weighted by atomic mass is 32.1. The van der Waals surface area contributed by atoms with Gasteiger partial charge in [-0.2, -0.15) is 0 Å². The molecule has 3 aromatic heterocycles. The average Bonchev–Trinajstić information content (AvgIpc) is 3.70. The monoisotopic (exact) mass is 598 g/mol. The molecule has 9 aromatic rings. The molecule has 0 amide bonds. The van der Waals surface area contributed by atoms with Crippen LogP contribution in [0.25, 0.3) is 85.9 Å². The van der Waals surface area contributed by atoms with Crippen LogP contribution in [0.1, 0.15) is 0 Å². The summed E-state index contributed by atoms with van der Waals surface area (Å²) in [6.45, 7) is 0. The molecule has 0 unspecified atom stereocenters. The van der Waals surface area contributed by atoms with Gasteiger partial charge < -0.3 is 0 Å². The molecule has 0 aliphatic rings. The van der Waals surface area contributed by atoms with Gasteiger partial charge in [0, 0.05) is 47.8 Å². The summed E-state index contributed by atoms with van der Waals surface area (Å²) >= 11 is 3.59. The highest BCUT2D eigenvalue weighted by Crippen LogP contribution is 2.40. The fourth-order valence-electron chi connectivity index (χ4n) is 5.77. The molecule has 0 saturated heterocycles. The molecule has 0 bridgehead atoms. The first-order valence-electron chi connectivity index (χ1n) is 14.4. The zero-order chi connectivity index (χ0) is 29.0. The molecule has 9 rings (SSSR count). The molecular formula is C38H22N4S2. The summed E-state index contributed by atoms with van der Waals surface area (Å²) in [4.78, 5) is 19.7. The fraction of sp³-hybridized carbons (Fsp3) is 0. The Hall–Kier alpha value is -5.30. The van der Waals surface area contributed by atoms with Gasteiger partial charge >= 0.3 is 0 Å². The van der Waals surface area contributed by atoms with Gasteiger partial charge in [-0.25, -0.2) is 19.9 Å². The van der Waals surface area contributed by atoms with Crippen LogP contribution in [0.15, 0.2) is 133 Å². The third-order valence-electron chi connectivity index (χ3n) is 7.95. The van der Waals surface area contributed by atoms with Crippen molar-refractivity contribution >= 4 is 63.8 Å². The van der Waals surface area contributed by atoms with Crippen LogP contribution < -0.4 is 0 Å². The van der Waals surface area contributed by atoms with Gasteiger partial charge in [0.25, 0.3) is 0 Å². The Labute approximate surface area is 261 Å². The average molecular weight is 599 g/mol. The maximum atomic E-state index is 5.05. The Morgan fingerprint density at radius 1 is 0.386 bits per heavy atom. The molecule has 0 N–H and O–H groups in total. The maximum absolute atomic E-state index is 5.05. The first-order valence-corrected chi connectivity index (χ1v) is 16.0. The lowest BCUT2D eigenvalue weighted by atomic mass is 10.1. The minimum atomic E-state index is 0.654. The van der Waals surface area contributed by atoms with E-state index in [2.05, 4.69) is 72.8 Å². The van der Waals surface area contributed by atoms with Gasteiger partial charge in [0.1, 0.15) is 5.01 Å². The van der Waals surface area contributed by atoms with Crippen LogP contribution in [0.3, 0.4) is 0 Å². The predicted molar refractivity (Wildman–Crippen MR) is 185 cm³/mol. The van der Waals surface area contributed by atoms with Crippen molar-refractivity contribution in [2.24, 2.45) is 0 Å². The van der Waals surface area contributed by atoms with Crippen molar-refractivity contribution in [3.8, 4) is 44.7 Å². The van der Waals surface area contributed by atoms with Crippen molar-refractivity contribution in [2.75, 3.05) is 0 Å². The third-order valence-corrected chi connectivity index (χ3v) is 10.2. The van der Waals surface area contributed by atoms with Crippen molar-refractivity contribution in [1.29, 1.82) is 0 Å². The van der Waals surface area contributed by atoms with Gasteiger partial charge in [-0.3, -0.25) is 0 Å². The Balaban J connectivity index is 1.15. The first-order chi connectivity index (χ1) is 21.8. The highest BCUT2D eigenvalue weighted by molar-refractivity contribution is 7.26. The lowest BCUT2D eigenvalue weighted by molar-refractivity contribution is 1.07. The number of nitrogens with zero attached hydrogens (tertiary/aromatic N) is 4. The fourth-order valence-corrected chi connectivity index (χ4v) is 8.01. The van der Waals surface area contributed by atoms with Crippen molar-refractivity contribution in [3.63, 3.8) is 0 Å². The zero-order valence-electron chi connectivity index (χ0n) is 23.3. The second kappa shape index (κ2) is 10.2. The SMILES string of the molecule is c1ccc(-c2nc(-c3ccccc3)nc(-c3ccc4c(ccc5nc(-c6ccc7c(c6)sc6ccccc67)sc54)c3)n2)cc1. The van der Waals surface area contributed by atoms with E-state index in [4.69, 9.17) is 19.9 Å². The molecule has 0 radical (unpaired) electrons. The van der Waals surface area contributed by atoms with Crippen LogP contribution >= 0.6 is 22.7 Å². The summed E-state index contributed by atoms with van der Waals surface area (Å²) in [6, 6.07) is 46.2. The first kappa shape index (κ1) is 25.2. The zero-order valence-corrected chi connectivity index (χ0v) is 24.9. The summed E-state index contributed by atoms with van der Waals surface area (Å²) in [7, 11) is 0. The summed E-state index contributed by atoms with van der Waals surface area (Å²) in [5.74, 6) is 1.97. The number of benzene rings is 6. The Kier molecular flexibility index (Phi) is 5.82. The van der Waals surface area contributed by atoms with Gasteiger partial charge in [-0.15, -0.1) is 22.7 Å². The summed E-state index contributed by atoms with van der Waals surface area (Å²) in [6.07, 6.45) is 0. The summed E-state index contributed by atoms with van der Waals surface area (Å²) in [5.41, 5.74) is 5.04. The Morgan fingerprint density at radius 2 is 1.00 bits per heavy atom. The maximum Gasteiger partial charge on any atom is 0.164 e. The molecular weight excluding hydrogens is 577 g/mol. The smallest absolute Gasteiger partial charge is 0.164 e. The van der Waals surface area contributed by atoms with Crippen LogP contribution in [0.4, 0.5) is 0 Å². The number of rotatable bonds is 4. The van der Waals surface area contributed by atoms with E-state index in [1.807, 2.05) is 72.0 Å². The molecule has 6 aromatic carbocycles. The molecule has 0 atom stereocenters. The molecule has 0 aliphatic heterocycles. The van der Waals surface area contributed by atoms with E-state index in [9.17, 15) is 0 Å². The number of hydrogen-bond acceptors (Lipinski definition) is 6. The molecule has 206 valence electrons. The third kappa shape index (κ3) is 4.27. The number of fused-ring (bicyclic) bond motifs is 6. The van der Waals surface area contributed by atoms with E-state index >= 15 is 0 Å². The summed E-state index contributed by atoms with van der Waals surface area (Å²) in [5, 5.41) is 5.97. The quantitative estimate of drug-likeness (QED) is 0.202. The molecule has 0 spiro atoms. The Morgan fingerprint density at radius 3 is 1.75 bits per heavy atom. The number of hydrogen-bond donors (Lipinski definition) is 0. The summed E-state index contributed by atoms with van der Waals surface area (Å²) < 4.78 is 3.79. The van der Waals surface area contributed by atoms with Gasteiger partial charge in [-0.1, -0.05) is 109 Å². The molecule has 0 fully saturated rings. The van der Waals surface area contributed by atoms with Gasteiger partial charge in [0.05, 0.1) is 10.2 Å². The Bertz CT molecular complexity index is 2440. The number of thiophene rings is 1. The van der Waals surface area contributed by atoms with E-state index < -0.39 is 0 Å². The molecule has 0 aliphatic carbocycles.